The number of isothiocyanates is 1. The van der Waals surface area contributed by atoms with Gasteiger partial charge < -0.3 is 25.5 Å². The lowest BCUT2D eigenvalue weighted by molar-refractivity contribution is -0.146. The van der Waals surface area contributed by atoms with Crippen LogP contribution in [0.3, 0.4) is 0 Å². The van der Waals surface area contributed by atoms with Crippen LogP contribution in [0.15, 0.2) is 29.3 Å². The van der Waals surface area contributed by atoms with Crippen molar-refractivity contribution in [3.8, 4) is 0 Å². The number of hydrogen-bond acceptors (Lipinski definition) is 10. The standard InChI is InChI=1S/C26H34N4O10S/c31-22(32)11-28(12-23(33)34)19(9-17-5-7-18(8-6-17)27-16-41)10-29(13-24(35)36)20-3-1-2-4-21(20)30(14-25(37)38)15-26(39)40/h5-8,19-21H,1-4,9-15H2,(H,31,32)(H,33,34)(H,35,36)(H,37,38)(H,39,40)/t19-,20-,21-/m1/s1. The second-order valence-electron chi connectivity index (χ2n) is 9.85. The zero-order chi connectivity index (χ0) is 30.5. The average Bonchev–Trinajstić information content (AvgIpc) is 2.87. The van der Waals surface area contributed by atoms with E-state index < -0.39 is 80.7 Å². The minimum absolute atomic E-state index is 0.0676. The molecule has 1 aromatic carbocycles. The van der Waals surface area contributed by atoms with Crippen molar-refractivity contribution in [2.45, 2.75) is 50.2 Å². The number of nitrogens with zero attached hydrogens (tertiary/aromatic N) is 4. The SMILES string of the molecule is O=C(O)CN(CC(=O)O)[C@H](Cc1ccc(N=C=S)cc1)CN(CC(=O)O)[C@@H]1CCCC[C@H]1N(CC(=O)O)CC(=O)O. The van der Waals surface area contributed by atoms with Crippen LogP contribution >= 0.6 is 12.2 Å². The summed E-state index contributed by atoms with van der Waals surface area (Å²) in [4.78, 5) is 66.5. The molecule has 1 fully saturated rings. The Morgan fingerprint density at radius 3 is 1.63 bits per heavy atom. The fourth-order valence-corrected chi connectivity index (χ4v) is 5.45. The van der Waals surface area contributed by atoms with E-state index in [1.165, 1.54) is 9.80 Å². The second-order valence-corrected chi connectivity index (χ2v) is 10.0. The van der Waals surface area contributed by atoms with Gasteiger partial charge >= 0.3 is 29.8 Å². The lowest BCUT2D eigenvalue weighted by Crippen LogP contribution is -2.59. The smallest absolute Gasteiger partial charge is 0.317 e. The number of carboxylic acids is 5. The largest absolute Gasteiger partial charge is 0.480 e. The Morgan fingerprint density at radius 2 is 1.20 bits per heavy atom. The molecule has 1 aliphatic carbocycles. The fourth-order valence-electron chi connectivity index (χ4n) is 5.35. The zero-order valence-electron chi connectivity index (χ0n) is 22.3. The summed E-state index contributed by atoms with van der Waals surface area (Å²) in [5.41, 5.74) is 1.23. The van der Waals surface area contributed by atoms with Crippen LogP contribution in [0.1, 0.15) is 31.2 Å². The van der Waals surface area contributed by atoms with Gasteiger partial charge in [0.05, 0.1) is 43.6 Å². The number of aliphatic carboxylic acids is 5. The van der Waals surface area contributed by atoms with Gasteiger partial charge in [0, 0.05) is 24.7 Å². The van der Waals surface area contributed by atoms with Crippen LogP contribution in [0.4, 0.5) is 5.69 Å². The molecule has 41 heavy (non-hydrogen) atoms. The molecule has 2 rings (SSSR count). The van der Waals surface area contributed by atoms with Gasteiger partial charge in [0.15, 0.2) is 0 Å². The summed E-state index contributed by atoms with van der Waals surface area (Å²) in [6.07, 6.45) is 2.40. The van der Waals surface area contributed by atoms with Crippen molar-refractivity contribution in [2.24, 2.45) is 4.99 Å². The quantitative estimate of drug-likeness (QED) is 0.119. The Bertz CT molecular complexity index is 1110. The molecule has 0 radical (unpaired) electrons. The van der Waals surface area contributed by atoms with Gasteiger partial charge in [-0.3, -0.25) is 38.7 Å². The van der Waals surface area contributed by atoms with E-state index >= 15 is 0 Å². The summed E-state index contributed by atoms with van der Waals surface area (Å²) >= 11 is 4.61. The summed E-state index contributed by atoms with van der Waals surface area (Å²) in [7, 11) is 0. The molecule has 0 spiro atoms. The predicted octanol–water partition coefficient (Wildman–Crippen LogP) is 0.972. The van der Waals surface area contributed by atoms with Crippen molar-refractivity contribution in [1.82, 2.24) is 14.7 Å². The van der Waals surface area contributed by atoms with E-state index in [0.29, 0.717) is 36.9 Å². The van der Waals surface area contributed by atoms with Crippen molar-refractivity contribution in [1.29, 1.82) is 0 Å². The minimum Gasteiger partial charge on any atom is -0.480 e. The maximum atomic E-state index is 12.0. The molecule has 14 nitrogen and oxygen atoms in total. The van der Waals surface area contributed by atoms with Crippen LogP contribution in [0.5, 0.6) is 0 Å². The first-order valence-electron chi connectivity index (χ1n) is 12.9. The Balaban J connectivity index is 2.51. The molecular weight excluding hydrogens is 560 g/mol. The van der Waals surface area contributed by atoms with Gasteiger partial charge in [-0.15, -0.1) is 0 Å². The van der Waals surface area contributed by atoms with E-state index in [-0.39, 0.29) is 13.0 Å². The lowest BCUT2D eigenvalue weighted by Gasteiger charge is -2.45. The highest BCUT2D eigenvalue weighted by atomic mass is 32.1. The van der Waals surface area contributed by atoms with Crippen molar-refractivity contribution >= 4 is 52.9 Å². The summed E-state index contributed by atoms with van der Waals surface area (Å²) in [6.45, 7) is -2.92. The van der Waals surface area contributed by atoms with Crippen molar-refractivity contribution < 1.29 is 49.5 Å². The highest BCUT2D eigenvalue weighted by Gasteiger charge is 2.38. The van der Waals surface area contributed by atoms with Crippen LogP contribution in [-0.4, -0.2) is 133 Å². The van der Waals surface area contributed by atoms with Crippen LogP contribution in [0, 0.1) is 0 Å². The number of aliphatic imine (C=N–C) groups is 1. The molecule has 0 amide bonds. The van der Waals surface area contributed by atoms with Gasteiger partial charge in [0.1, 0.15) is 0 Å². The van der Waals surface area contributed by atoms with E-state index in [2.05, 4.69) is 22.4 Å². The van der Waals surface area contributed by atoms with Gasteiger partial charge in [0.25, 0.3) is 0 Å². The first kappa shape index (κ1) is 33.5. The summed E-state index contributed by atoms with van der Waals surface area (Å²) in [5.74, 6) is -6.18. The van der Waals surface area contributed by atoms with Gasteiger partial charge in [-0.2, -0.15) is 4.99 Å². The Morgan fingerprint density at radius 1 is 0.756 bits per heavy atom. The molecule has 1 aliphatic rings. The maximum Gasteiger partial charge on any atom is 0.317 e. The van der Waals surface area contributed by atoms with Gasteiger partial charge in [-0.25, -0.2) is 0 Å². The number of benzene rings is 1. The molecule has 0 aliphatic heterocycles. The predicted molar refractivity (Wildman–Crippen MR) is 148 cm³/mol. The Kier molecular flexibility index (Phi) is 13.5. The molecule has 3 atom stereocenters. The number of hydrogen-bond donors (Lipinski definition) is 5. The minimum atomic E-state index is -1.27. The molecule has 224 valence electrons. The highest BCUT2D eigenvalue weighted by Crippen LogP contribution is 2.28. The van der Waals surface area contributed by atoms with Crippen LogP contribution in [0.2, 0.25) is 0 Å². The normalized spacial score (nSPS) is 17.6. The third kappa shape index (κ3) is 11.7. The number of carbonyl (C=O) groups is 5. The highest BCUT2D eigenvalue weighted by molar-refractivity contribution is 7.78. The van der Waals surface area contributed by atoms with E-state index in [1.54, 1.807) is 29.2 Å². The van der Waals surface area contributed by atoms with Crippen LogP contribution < -0.4 is 0 Å². The van der Waals surface area contributed by atoms with E-state index in [0.717, 1.165) is 0 Å². The number of thiocarbonyl (C=S) groups is 1. The first-order chi connectivity index (χ1) is 19.4. The van der Waals surface area contributed by atoms with Gasteiger partial charge in [-0.05, 0) is 49.2 Å². The first-order valence-corrected chi connectivity index (χ1v) is 13.3. The Labute approximate surface area is 241 Å². The van der Waals surface area contributed by atoms with Crippen LogP contribution in [0.25, 0.3) is 0 Å². The third-order valence-corrected chi connectivity index (χ3v) is 6.96. The molecular formula is C26H34N4O10S. The van der Waals surface area contributed by atoms with Gasteiger partial charge in [0.2, 0.25) is 0 Å². The summed E-state index contributed by atoms with van der Waals surface area (Å²) in [6, 6.07) is 4.79. The summed E-state index contributed by atoms with van der Waals surface area (Å²) < 4.78 is 0. The maximum absolute atomic E-state index is 12.0. The summed E-state index contributed by atoms with van der Waals surface area (Å²) in [5, 5.41) is 49.9. The lowest BCUT2D eigenvalue weighted by atomic mass is 9.87. The van der Waals surface area contributed by atoms with Crippen LogP contribution in [-0.2, 0) is 30.4 Å². The van der Waals surface area contributed by atoms with E-state index in [9.17, 15) is 49.5 Å². The molecule has 0 bridgehead atoms. The van der Waals surface area contributed by atoms with Crippen molar-refractivity contribution in [2.75, 3.05) is 39.3 Å². The monoisotopic (exact) mass is 594 g/mol. The Hall–Kier alpha value is -3.75. The topological polar surface area (TPSA) is 209 Å². The van der Waals surface area contributed by atoms with Crippen molar-refractivity contribution in [3.63, 3.8) is 0 Å². The van der Waals surface area contributed by atoms with Crippen molar-refractivity contribution in [3.05, 3.63) is 29.8 Å². The fraction of sp³-hybridized carbons (Fsp3) is 0.538. The molecule has 15 heteroatoms. The molecule has 1 saturated carbocycles. The molecule has 0 heterocycles. The third-order valence-electron chi connectivity index (χ3n) is 6.87. The molecule has 0 aromatic heterocycles. The van der Waals surface area contributed by atoms with E-state index in [1.807, 2.05) is 0 Å². The molecule has 0 saturated heterocycles. The average molecular weight is 595 g/mol. The van der Waals surface area contributed by atoms with Gasteiger partial charge in [-0.1, -0.05) is 25.0 Å². The number of rotatable bonds is 18. The second kappa shape index (κ2) is 16.5. The molecule has 1 aromatic rings. The van der Waals surface area contributed by atoms with E-state index in [4.69, 9.17) is 0 Å². The number of carboxylic acid groups (broad SMARTS) is 5. The zero-order valence-corrected chi connectivity index (χ0v) is 23.1. The molecule has 5 N–H and O–H groups in total. The molecule has 0 unspecified atom stereocenters.